The lowest BCUT2D eigenvalue weighted by atomic mass is 10.3. The second-order valence-corrected chi connectivity index (χ2v) is 8.41. The molecule has 0 aliphatic carbocycles. The molecule has 1 N–H and O–H groups in total. The zero-order valence-corrected chi connectivity index (χ0v) is 13.0. The lowest BCUT2D eigenvalue weighted by Gasteiger charge is -2.14. The molecular weight excluding hydrogens is 304 g/mol. The van der Waals surface area contributed by atoms with Gasteiger partial charge in [0.2, 0.25) is 15.9 Å². The molecule has 0 heterocycles. The van der Waals surface area contributed by atoms with Crippen molar-refractivity contribution in [1.82, 2.24) is 4.31 Å². The number of sulfone groups is 1. The van der Waals surface area contributed by atoms with Crippen molar-refractivity contribution in [1.29, 1.82) is 0 Å². The maximum Gasteiger partial charge on any atom is 0.239 e. The molecule has 1 rings (SSSR count). The predicted molar refractivity (Wildman–Crippen MR) is 75.7 cm³/mol. The van der Waals surface area contributed by atoms with Gasteiger partial charge in [-0.3, -0.25) is 4.79 Å². The van der Waals surface area contributed by atoms with Crippen LogP contribution in [0.2, 0.25) is 0 Å². The molecule has 0 saturated carbocycles. The summed E-state index contributed by atoms with van der Waals surface area (Å²) >= 11 is 0. The van der Waals surface area contributed by atoms with Crippen LogP contribution in [0.3, 0.4) is 0 Å². The van der Waals surface area contributed by atoms with Crippen molar-refractivity contribution in [3.8, 4) is 0 Å². The number of nitrogens with one attached hydrogen (secondary N) is 1. The van der Waals surface area contributed by atoms with Crippen LogP contribution in [0.1, 0.15) is 0 Å². The molecule has 0 radical (unpaired) electrons. The standard InChI is InChI=1S/C11H16N2O5S2/c1-13(20(3,17)18)8-11(14)12-9-6-4-5-7-10(9)19(2,15)16/h4-7H,8H2,1-3H3,(H,12,14). The molecule has 0 spiro atoms. The van der Waals surface area contributed by atoms with Gasteiger partial charge in [0.25, 0.3) is 0 Å². The first-order chi connectivity index (χ1) is 9.01. The topological polar surface area (TPSA) is 101 Å². The van der Waals surface area contributed by atoms with E-state index in [1.54, 1.807) is 6.07 Å². The molecule has 20 heavy (non-hydrogen) atoms. The Bertz CT molecular complexity index is 710. The van der Waals surface area contributed by atoms with Gasteiger partial charge in [-0.05, 0) is 12.1 Å². The van der Waals surface area contributed by atoms with Crippen molar-refractivity contribution in [2.45, 2.75) is 4.90 Å². The predicted octanol–water partition coefficient (Wildman–Crippen LogP) is -0.0800. The van der Waals surface area contributed by atoms with Crippen molar-refractivity contribution in [3.05, 3.63) is 24.3 Å². The van der Waals surface area contributed by atoms with E-state index < -0.39 is 32.3 Å². The van der Waals surface area contributed by atoms with Crippen molar-refractivity contribution >= 4 is 31.5 Å². The lowest BCUT2D eigenvalue weighted by molar-refractivity contribution is -0.116. The summed E-state index contributed by atoms with van der Waals surface area (Å²) in [6.45, 7) is -0.392. The number of anilines is 1. The van der Waals surface area contributed by atoms with E-state index >= 15 is 0 Å². The minimum atomic E-state index is -3.48. The number of amides is 1. The van der Waals surface area contributed by atoms with E-state index in [0.29, 0.717) is 0 Å². The van der Waals surface area contributed by atoms with Crippen molar-refractivity contribution in [2.75, 3.05) is 31.4 Å². The van der Waals surface area contributed by atoms with Gasteiger partial charge in [-0.2, -0.15) is 4.31 Å². The molecule has 0 atom stereocenters. The number of carbonyl (C=O) groups is 1. The molecule has 112 valence electrons. The summed E-state index contributed by atoms with van der Waals surface area (Å²) in [5.41, 5.74) is 0.127. The Morgan fingerprint density at radius 2 is 1.70 bits per heavy atom. The van der Waals surface area contributed by atoms with Crippen LogP contribution in [0.4, 0.5) is 5.69 Å². The molecule has 0 aromatic heterocycles. The summed E-state index contributed by atoms with van der Waals surface area (Å²) in [6.07, 6.45) is 2.01. The van der Waals surface area contributed by atoms with Crippen molar-refractivity contribution < 1.29 is 21.6 Å². The van der Waals surface area contributed by atoms with Crippen LogP contribution in [-0.2, 0) is 24.7 Å². The van der Waals surface area contributed by atoms with E-state index in [4.69, 9.17) is 0 Å². The average Bonchev–Trinajstić information content (AvgIpc) is 2.26. The van der Waals surface area contributed by atoms with Crippen molar-refractivity contribution in [2.24, 2.45) is 0 Å². The van der Waals surface area contributed by atoms with Crippen LogP contribution in [0.25, 0.3) is 0 Å². The molecule has 1 aromatic rings. The highest BCUT2D eigenvalue weighted by Gasteiger charge is 2.18. The molecule has 1 aromatic carbocycles. The fraction of sp³-hybridized carbons (Fsp3) is 0.364. The van der Waals surface area contributed by atoms with Gasteiger partial charge in [0.15, 0.2) is 9.84 Å². The summed E-state index contributed by atoms with van der Waals surface area (Å²) in [5.74, 6) is -0.617. The lowest BCUT2D eigenvalue weighted by Crippen LogP contribution is -2.34. The Morgan fingerprint density at radius 1 is 1.15 bits per heavy atom. The number of rotatable bonds is 5. The fourth-order valence-electron chi connectivity index (χ4n) is 1.40. The Kier molecular flexibility index (Phi) is 4.90. The highest BCUT2D eigenvalue weighted by Crippen LogP contribution is 2.20. The Labute approximate surface area is 118 Å². The minimum Gasteiger partial charge on any atom is -0.324 e. The SMILES string of the molecule is CN(CC(=O)Nc1ccccc1S(C)(=O)=O)S(C)(=O)=O. The third-order valence-electron chi connectivity index (χ3n) is 2.49. The quantitative estimate of drug-likeness (QED) is 0.818. The molecule has 0 aliphatic heterocycles. The van der Waals surface area contributed by atoms with E-state index in [0.717, 1.165) is 16.8 Å². The maximum atomic E-state index is 11.7. The number of para-hydroxylation sites is 1. The largest absolute Gasteiger partial charge is 0.324 e. The third-order valence-corrected chi connectivity index (χ3v) is 4.91. The number of nitrogens with zero attached hydrogens (tertiary/aromatic N) is 1. The van der Waals surface area contributed by atoms with E-state index in [-0.39, 0.29) is 10.6 Å². The van der Waals surface area contributed by atoms with E-state index in [1.165, 1.54) is 25.2 Å². The molecule has 1 amide bonds. The van der Waals surface area contributed by atoms with Gasteiger partial charge in [0.1, 0.15) is 0 Å². The first-order valence-electron chi connectivity index (χ1n) is 5.52. The van der Waals surface area contributed by atoms with Gasteiger partial charge in [-0.1, -0.05) is 12.1 Å². The Hall–Kier alpha value is -1.45. The van der Waals surface area contributed by atoms with E-state index in [2.05, 4.69) is 5.32 Å². The number of sulfonamides is 1. The minimum absolute atomic E-state index is 0.0182. The molecular formula is C11H16N2O5S2. The number of hydrogen-bond donors (Lipinski definition) is 1. The monoisotopic (exact) mass is 320 g/mol. The highest BCUT2D eigenvalue weighted by atomic mass is 32.2. The van der Waals surface area contributed by atoms with Crippen molar-refractivity contribution in [3.63, 3.8) is 0 Å². The van der Waals surface area contributed by atoms with Crippen LogP contribution in [0, 0.1) is 0 Å². The third kappa shape index (κ3) is 4.58. The van der Waals surface area contributed by atoms with E-state index in [9.17, 15) is 21.6 Å². The second kappa shape index (κ2) is 5.90. The smallest absolute Gasteiger partial charge is 0.239 e. The zero-order valence-electron chi connectivity index (χ0n) is 11.3. The van der Waals surface area contributed by atoms with Gasteiger partial charge in [-0.25, -0.2) is 16.8 Å². The summed E-state index contributed by atoms with van der Waals surface area (Å²) < 4.78 is 46.4. The number of carbonyl (C=O) groups excluding carboxylic acids is 1. The number of hydrogen-bond acceptors (Lipinski definition) is 5. The highest BCUT2D eigenvalue weighted by molar-refractivity contribution is 7.90. The van der Waals surface area contributed by atoms with Crippen LogP contribution in [0.5, 0.6) is 0 Å². The molecule has 9 heteroatoms. The molecule has 0 fully saturated rings. The molecule has 0 bridgehead atoms. The average molecular weight is 320 g/mol. The first kappa shape index (κ1) is 16.6. The van der Waals surface area contributed by atoms with E-state index in [1.807, 2.05) is 0 Å². The first-order valence-corrected chi connectivity index (χ1v) is 9.26. The van der Waals surface area contributed by atoms with Crippen LogP contribution < -0.4 is 5.32 Å². The van der Waals surface area contributed by atoms with Crippen LogP contribution in [-0.4, -0.2) is 53.2 Å². The number of likely N-dealkylation sites (N-methyl/N-ethyl adjacent to an activating group) is 1. The van der Waals surface area contributed by atoms with Crippen LogP contribution >= 0.6 is 0 Å². The second-order valence-electron chi connectivity index (χ2n) is 4.34. The summed E-state index contributed by atoms with van der Waals surface area (Å²) in [4.78, 5) is 11.7. The van der Waals surface area contributed by atoms with Gasteiger partial charge in [0.05, 0.1) is 23.4 Å². The normalized spacial score (nSPS) is 12.4. The Morgan fingerprint density at radius 3 is 2.20 bits per heavy atom. The van der Waals surface area contributed by atoms with Gasteiger partial charge in [-0.15, -0.1) is 0 Å². The van der Waals surface area contributed by atoms with Gasteiger partial charge in [0, 0.05) is 13.3 Å². The Balaban J connectivity index is 2.93. The van der Waals surface area contributed by atoms with Gasteiger partial charge >= 0.3 is 0 Å². The fourth-order valence-corrected chi connectivity index (χ4v) is 2.60. The van der Waals surface area contributed by atoms with Gasteiger partial charge < -0.3 is 5.32 Å². The summed E-state index contributed by atoms with van der Waals surface area (Å²) in [7, 11) is -5.70. The molecule has 0 aliphatic rings. The summed E-state index contributed by atoms with van der Waals surface area (Å²) in [6, 6.07) is 5.92. The molecule has 0 saturated heterocycles. The molecule has 0 unspecified atom stereocenters. The molecule has 7 nitrogen and oxygen atoms in total. The maximum absolute atomic E-state index is 11.7. The van der Waals surface area contributed by atoms with Crippen LogP contribution in [0.15, 0.2) is 29.2 Å². The zero-order chi connectivity index (χ0) is 15.6. The summed E-state index contributed by atoms with van der Waals surface area (Å²) in [5, 5.41) is 2.40. The number of benzene rings is 1.